The monoisotopic (exact) mass is 250 g/mol. The second-order valence-electron chi connectivity index (χ2n) is 3.30. The van der Waals surface area contributed by atoms with Crippen molar-refractivity contribution < 1.29 is 27.8 Å². The van der Waals surface area contributed by atoms with Crippen LogP contribution in [-0.4, -0.2) is 30.8 Å². The van der Waals surface area contributed by atoms with Crippen LogP contribution in [0.4, 0.5) is 13.2 Å². The number of hydrogen-bond donors (Lipinski definition) is 1. The van der Waals surface area contributed by atoms with Gasteiger partial charge >= 0.3 is 6.18 Å². The summed E-state index contributed by atoms with van der Waals surface area (Å²) >= 11 is 0. The third-order valence-corrected chi connectivity index (χ3v) is 1.89. The molecule has 17 heavy (non-hydrogen) atoms. The van der Waals surface area contributed by atoms with Crippen molar-refractivity contribution >= 4 is 0 Å². The van der Waals surface area contributed by atoms with Gasteiger partial charge in [-0.1, -0.05) is 30.3 Å². The molecule has 1 atom stereocenters. The van der Waals surface area contributed by atoms with Crippen LogP contribution in [0, 0.1) is 0 Å². The Morgan fingerprint density at radius 3 is 2.35 bits per heavy atom. The van der Waals surface area contributed by atoms with E-state index in [4.69, 9.17) is 9.84 Å². The number of alkyl halides is 3. The quantitative estimate of drug-likeness (QED) is 0.620. The molecule has 1 rings (SSSR count). The molecule has 6 heteroatoms. The molecule has 0 radical (unpaired) electrons. The van der Waals surface area contributed by atoms with Crippen LogP contribution < -0.4 is 0 Å². The van der Waals surface area contributed by atoms with E-state index in [-0.39, 0.29) is 13.2 Å². The van der Waals surface area contributed by atoms with E-state index in [2.05, 4.69) is 4.74 Å². The Labute approximate surface area is 96.8 Å². The minimum absolute atomic E-state index is 0.0119. The molecule has 0 aliphatic heterocycles. The van der Waals surface area contributed by atoms with Gasteiger partial charge in [0.15, 0.2) is 0 Å². The van der Waals surface area contributed by atoms with E-state index < -0.39 is 12.5 Å². The molecule has 0 amide bonds. The molecular weight excluding hydrogens is 237 g/mol. The predicted octanol–water partition coefficient (Wildman–Crippen LogP) is 2.10. The summed E-state index contributed by atoms with van der Waals surface area (Å²) in [5.74, 6) is 0. The van der Waals surface area contributed by atoms with Crippen LogP contribution in [0.2, 0.25) is 0 Å². The summed E-state index contributed by atoms with van der Waals surface area (Å²) in [7, 11) is 0. The van der Waals surface area contributed by atoms with Gasteiger partial charge in [0, 0.05) is 0 Å². The van der Waals surface area contributed by atoms with Gasteiger partial charge in [0.25, 0.3) is 6.29 Å². The van der Waals surface area contributed by atoms with Crippen LogP contribution in [0.1, 0.15) is 5.56 Å². The average Bonchev–Trinajstić information content (AvgIpc) is 2.28. The van der Waals surface area contributed by atoms with Crippen LogP contribution in [0.25, 0.3) is 0 Å². The molecule has 1 aromatic carbocycles. The number of aliphatic hydroxyl groups excluding tert-OH is 1. The summed E-state index contributed by atoms with van der Waals surface area (Å²) in [4.78, 5) is 0. The Bertz CT molecular complexity index is 313. The Morgan fingerprint density at radius 1 is 1.12 bits per heavy atom. The summed E-state index contributed by atoms with van der Waals surface area (Å²) in [5.41, 5.74) is 0.920. The van der Waals surface area contributed by atoms with Crippen LogP contribution >= 0.6 is 0 Å². The molecule has 0 saturated carbocycles. The maximum Gasteiger partial charge on any atom is 0.439 e. The highest BCUT2D eigenvalue weighted by Crippen LogP contribution is 2.20. The minimum Gasteiger partial charge on any atom is -0.374 e. The zero-order valence-corrected chi connectivity index (χ0v) is 8.98. The van der Waals surface area contributed by atoms with Crippen LogP contribution in [0.3, 0.4) is 0 Å². The van der Waals surface area contributed by atoms with Gasteiger partial charge in [-0.05, 0) is 5.56 Å². The van der Waals surface area contributed by atoms with Gasteiger partial charge in [0.05, 0.1) is 19.8 Å². The fourth-order valence-electron chi connectivity index (χ4n) is 1.08. The van der Waals surface area contributed by atoms with Crippen LogP contribution in [0.15, 0.2) is 30.3 Å². The second-order valence-corrected chi connectivity index (χ2v) is 3.30. The van der Waals surface area contributed by atoms with E-state index >= 15 is 0 Å². The maximum atomic E-state index is 11.8. The normalized spacial score (nSPS) is 13.6. The second kappa shape index (κ2) is 6.58. The molecule has 1 unspecified atom stereocenters. The SMILES string of the molecule is OC(OCCOCc1ccccc1)C(F)(F)F. The van der Waals surface area contributed by atoms with Gasteiger partial charge in [-0.2, -0.15) is 13.2 Å². The minimum atomic E-state index is -4.75. The lowest BCUT2D eigenvalue weighted by Gasteiger charge is -2.14. The number of halogens is 3. The molecule has 3 nitrogen and oxygen atoms in total. The molecule has 0 aromatic heterocycles. The Kier molecular flexibility index (Phi) is 5.40. The van der Waals surface area contributed by atoms with E-state index in [1.807, 2.05) is 30.3 Å². The maximum absolute atomic E-state index is 11.8. The molecular formula is C11H13F3O3. The summed E-state index contributed by atoms with van der Waals surface area (Å²) in [6.07, 6.45) is -7.50. The predicted molar refractivity (Wildman–Crippen MR) is 54.1 cm³/mol. The third kappa shape index (κ3) is 5.67. The number of aliphatic hydroxyl groups is 1. The van der Waals surface area contributed by atoms with Crippen molar-refractivity contribution in [3.63, 3.8) is 0 Å². The molecule has 0 heterocycles. The highest BCUT2D eigenvalue weighted by atomic mass is 19.4. The fraction of sp³-hybridized carbons (Fsp3) is 0.455. The van der Waals surface area contributed by atoms with Crippen molar-refractivity contribution in [3.05, 3.63) is 35.9 Å². The molecule has 0 saturated heterocycles. The van der Waals surface area contributed by atoms with Gasteiger partial charge in [-0.25, -0.2) is 0 Å². The van der Waals surface area contributed by atoms with E-state index in [1.54, 1.807) is 0 Å². The van der Waals surface area contributed by atoms with Crippen molar-refractivity contribution in [1.82, 2.24) is 0 Å². The van der Waals surface area contributed by atoms with Crippen molar-refractivity contribution in [2.45, 2.75) is 19.1 Å². The summed E-state index contributed by atoms with van der Waals surface area (Å²) in [6, 6.07) is 9.20. The highest BCUT2D eigenvalue weighted by molar-refractivity contribution is 5.13. The largest absolute Gasteiger partial charge is 0.439 e. The third-order valence-electron chi connectivity index (χ3n) is 1.89. The van der Waals surface area contributed by atoms with E-state index in [1.165, 1.54) is 0 Å². The molecule has 1 aromatic rings. The highest BCUT2D eigenvalue weighted by Gasteiger charge is 2.39. The smallest absolute Gasteiger partial charge is 0.374 e. The zero-order valence-electron chi connectivity index (χ0n) is 8.98. The van der Waals surface area contributed by atoms with Gasteiger partial charge in [-0.3, -0.25) is 0 Å². The number of ether oxygens (including phenoxy) is 2. The molecule has 0 bridgehead atoms. The number of hydrogen-bond acceptors (Lipinski definition) is 3. The standard InChI is InChI=1S/C11H13F3O3/c12-11(13,14)10(15)17-7-6-16-8-9-4-2-1-3-5-9/h1-5,10,15H,6-8H2. The molecule has 96 valence electrons. The van der Waals surface area contributed by atoms with Crippen LogP contribution in [0.5, 0.6) is 0 Å². The molecule has 0 spiro atoms. The van der Waals surface area contributed by atoms with Crippen molar-refractivity contribution in [2.75, 3.05) is 13.2 Å². The Morgan fingerprint density at radius 2 is 1.76 bits per heavy atom. The van der Waals surface area contributed by atoms with E-state index in [0.29, 0.717) is 6.61 Å². The zero-order chi connectivity index (χ0) is 12.7. The van der Waals surface area contributed by atoms with Crippen molar-refractivity contribution in [1.29, 1.82) is 0 Å². The van der Waals surface area contributed by atoms with Crippen molar-refractivity contribution in [2.24, 2.45) is 0 Å². The topological polar surface area (TPSA) is 38.7 Å². The van der Waals surface area contributed by atoms with E-state index in [0.717, 1.165) is 5.56 Å². The van der Waals surface area contributed by atoms with Gasteiger partial charge in [0.2, 0.25) is 0 Å². The first-order valence-corrected chi connectivity index (χ1v) is 4.98. The van der Waals surface area contributed by atoms with Crippen molar-refractivity contribution in [3.8, 4) is 0 Å². The lowest BCUT2D eigenvalue weighted by molar-refractivity contribution is -0.295. The lowest BCUT2D eigenvalue weighted by atomic mass is 10.2. The number of rotatable bonds is 6. The molecule has 0 aliphatic carbocycles. The molecule has 0 aliphatic rings. The first kappa shape index (κ1) is 14.0. The van der Waals surface area contributed by atoms with Gasteiger partial charge < -0.3 is 14.6 Å². The molecule has 1 N–H and O–H groups in total. The fourth-order valence-corrected chi connectivity index (χ4v) is 1.08. The first-order chi connectivity index (χ1) is 8.00. The first-order valence-electron chi connectivity index (χ1n) is 4.98. The van der Waals surface area contributed by atoms with E-state index in [9.17, 15) is 13.2 Å². The Balaban J connectivity index is 2.09. The summed E-state index contributed by atoms with van der Waals surface area (Å²) in [5, 5.41) is 8.50. The summed E-state index contributed by atoms with van der Waals surface area (Å²) in [6.45, 7) is -0.0259. The van der Waals surface area contributed by atoms with Crippen LogP contribution in [-0.2, 0) is 16.1 Å². The summed E-state index contributed by atoms with van der Waals surface area (Å²) < 4.78 is 44.7. The average molecular weight is 250 g/mol. The Hall–Kier alpha value is -1.11. The lowest BCUT2D eigenvalue weighted by Crippen LogP contribution is -2.32. The van der Waals surface area contributed by atoms with Gasteiger partial charge in [0.1, 0.15) is 0 Å². The number of benzene rings is 1. The molecule has 0 fully saturated rings. The van der Waals surface area contributed by atoms with Gasteiger partial charge in [-0.15, -0.1) is 0 Å².